The second-order valence-electron chi connectivity index (χ2n) is 4.51. The summed E-state index contributed by atoms with van der Waals surface area (Å²) in [5.74, 6) is 0.537. The summed E-state index contributed by atoms with van der Waals surface area (Å²) in [5.41, 5.74) is 1.15. The molecule has 0 aliphatic carbocycles. The molecule has 0 saturated carbocycles. The minimum atomic E-state index is 0.347. The quantitative estimate of drug-likeness (QED) is 0.648. The molecule has 18 heavy (non-hydrogen) atoms. The summed E-state index contributed by atoms with van der Waals surface area (Å²) >= 11 is 10.1. The summed E-state index contributed by atoms with van der Waals surface area (Å²) in [6.07, 6.45) is 0. The second-order valence-corrected chi connectivity index (χ2v) is 7.08. The van der Waals surface area contributed by atoms with E-state index < -0.39 is 0 Å². The molecule has 0 fully saturated rings. The SMILES string of the molecule is CC(C)C(Nc1ccc(Cl)cc1I)c1cccs1. The van der Waals surface area contributed by atoms with Crippen LogP contribution in [0.2, 0.25) is 5.02 Å². The van der Waals surface area contributed by atoms with Crippen LogP contribution in [0.1, 0.15) is 24.8 Å². The Balaban J connectivity index is 2.24. The fourth-order valence-electron chi connectivity index (χ4n) is 1.81. The van der Waals surface area contributed by atoms with Crippen molar-refractivity contribution in [2.45, 2.75) is 19.9 Å². The number of nitrogens with one attached hydrogen (secondary N) is 1. The Labute approximate surface area is 131 Å². The van der Waals surface area contributed by atoms with Crippen LogP contribution in [0.25, 0.3) is 0 Å². The average Bonchev–Trinajstić information content (AvgIpc) is 2.80. The first-order valence-electron chi connectivity index (χ1n) is 5.83. The van der Waals surface area contributed by atoms with Gasteiger partial charge in [-0.1, -0.05) is 31.5 Å². The molecule has 1 nitrogen and oxygen atoms in total. The van der Waals surface area contributed by atoms with Crippen molar-refractivity contribution >= 4 is 51.2 Å². The van der Waals surface area contributed by atoms with Crippen molar-refractivity contribution in [1.29, 1.82) is 0 Å². The van der Waals surface area contributed by atoms with Crippen LogP contribution in [0.15, 0.2) is 35.7 Å². The highest BCUT2D eigenvalue weighted by Gasteiger charge is 2.17. The summed E-state index contributed by atoms with van der Waals surface area (Å²) in [6.45, 7) is 4.47. The van der Waals surface area contributed by atoms with Crippen LogP contribution in [-0.2, 0) is 0 Å². The zero-order valence-electron chi connectivity index (χ0n) is 10.3. The van der Waals surface area contributed by atoms with Crippen LogP contribution in [0, 0.1) is 9.49 Å². The van der Waals surface area contributed by atoms with E-state index in [1.165, 1.54) is 4.88 Å². The third kappa shape index (κ3) is 3.39. The predicted octanol–water partition coefficient (Wildman–Crippen LogP) is 5.82. The van der Waals surface area contributed by atoms with Crippen molar-refractivity contribution in [3.63, 3.8) is 0 Å². The fraction of sp³-hybridized carbons (Fsp3) is 0.286. The van der Waals surface area contributed by atoms with Gasteiger partial charge in [0, 0.05) is 19.2 Å². The van der Waals surface area contributed by atoms with Gasteiger partial charge in [0.15, 0.2) is 0 Å². The first-order valence-corrected chi connectivity index (χ1v) is 8.16. The number of anilines is 1. The molecule has 0 aliphatic heterocycles. The van der Waals surface area contributed by atoms with E-state index in [1.807, 2.05) is 18.2 Å². The van der Waals surface area contributed by atoms with E-state index in [0.717, 1.165) is 14.3 Å². The lowest BCUT2D eigenvalue weighted by molar-refractivity contribution is 0.553. The monoisotopic (exact) mass is 391 g/mol. The molecule has 0 amide bonds. The molecule has 0 aliphatic rings. The van der Waals surface area contributed by atoms with E-state index in [4.69, 9.17) is 11.6 Å². The zero-order valence-corrected chi connectivity index (χ0v) is 14.0. The largest absolute Gasteiger partial charge is 0.376 e. The molecule has 1 aromatic heterocycles. The van der Waals surface area contributed by atoms with Gasteiger partial charge >= 0.3 is 0 Å². The Morgan fingerprint density at radius 1 is 1.28 bits per heavy atom. The Hall–Kier alpha value is -0.260. The van der Waals surface area contributed by atoms with E-state index in [9.17, 15) is 0 Å². The van der Waals surface area contributed by atoms with Crippen LogP contribution in [0.4, 0.5) is 5.69 Å². The maximum atomic E-state index is 5.99. The van der Waals surface area contributed by atoms with Gasteiger partial charge in [-0.05, 0) is 58.2 Å². The number of hydrogen-bond donors (Lipinski definition) is 1. The van der Waals surface area contributed by atoms with Crippen LogP contribution < -0.4 is 5.32 Å². The van der Waals surface area contributed by atoms with Crippen molar-refractivity contribution in [1.82, 2.24) is 0 Å². The van der Waals surface area contributed by atoms with Crippen molar-refractivity contribution in [3.05, 3.63) is 49.2 Å². The predicted molar refractivity (Wildman–Crippen MR) is 89.7 cm³/mol. The Kier molecular flexibility index (Phi) is 4.92. The molecule has 1 heterocycles. The van der Waals surface area contributed by atoms with Gasteiger partial charge in [-0.25, -0.2) is 0 Å². The van der Waals surface area contributed by atoms with E-state index in [0.29, 0.717) is 12.0 Å². The Bertz CT molecular complexity index is 511. The molecule has 1 aromatic carbocycles. The summed E-state index contributed by atoms with van der Waals surface area (Å²) in [4.78, 5) is 1.37. The lowest BCUT2D eigenvalue weighted by Gasteiger charge is -2.23. The molecule has 0 saturated heterocycles. The Morgan fingerprint density at radius 3 is 2.61 bits per heavy atom. The highest BCUT2D eigenvalue weighted by atomic mass is 127. The molecule has 1 N–H and O–H groups in total. The maximum absolute atomic E-state index is 5.99. The third-order valence-electron chi connectivity index (χ3n) is 2.76. The molecule has 0 bridgehead atoms. The van der Waals surface area contributed by atoms with Crippen molar-refractivity contribution in [2.24, 2.45) is 5.92 Å². The number of thiophene rings is 1. The molecule has 2 rings (SSSR count). The van der Waals surface area contributed by atoms with Gasteiger partial charge in [0.1, 0.15) is 0 Å². The number of halogens is 2. The number of hydrogen-bond acceptors (Lipinski definition) is 2. The molecular weight excluding hydrogens is 377 g/mol. The lowest BCUT2D eigenvalue weighted by Crippen LogP contribution is -2.16. The molecule has 1 atom stereocenters. The molecule has 1 unspecified atom stereocenters. The number of rotatable bonds is 4. The van der Waals surface area contributed by atoms with Crippen LogP contribution in [0.5, 0.6) is 0 Å². The molecule has 0 spiro atoms. The Morgan fingerprint density at radius 2 is 2.06 bits per heavy atom. The van der Waals surface area contributed by atoms with Crippen molar-refractivity contribution in [2.75, 3.05) is 5.32 Å². The highest BCUT2D eigenvalue weighted by molar-refractivity contribution is 14.1. The van der Waals surface area contributed by atoms with Gasteiger partial charge in [0.2, 0.25) is 0 Å². The molecule has 2 aromatic rings. The number of benzene rings is 1. The fourth-order valence-corrected chi connectivity index (χ4v) is 3.78. The van der Waals surface area contributed by atoms with Gasteiger partial charge in [-0.2, -0.15) is 0 Å². The van der Waals surface area contributed by atoms with Gasteiger partial charge in [0.25, 0.3) is 0 Å². The lowest BCUT2D eigenvalue weighted by atomic mass is 10.0. The minimum Gasteiger partial charge on any atom is -0.376 e. The van der Waals surface area contributed by atoms with Crippen LogP contribution in [-0.4, -0.2) is 0 Å². The topological polar surface area (TPSA) is 12.0 Å². The normalized spacial score (nSPS) is 12.7. The van der Waals surface area contributed by atoms with Gasteiger partial charge in [0.05, 0.1) is 6.04 Å². The summed E-state index contributed by atoms with van der Waals surface area (Å²) in [7, 11) is 0. The van der Waals surface area contributed by atoms with Gasteiger partial charge in [-0.15, -0.1) is 11.3 Å². The minimum absolute atomic E-state index is 0.347. The van der Waals surface area contributed by atoms with Crippen LogP contribution in [0.3, 0.4) is 0 Å². The third-order valence-corrected chi connectivity index (χ3v) is 4.84. The zero-order chi connectivity index (χ0) is 13.1. The van der Waals surface area contributed by atoms with Gasteiger partial charge in [-0.3, -0.25) is 0 Å². The smallest absolute Gasteiger partial charge is 0.0629 e. The van der Waals surface area contributed by atoms with E-state index >= 15 is 0 Å². The molecular formula is C14H15ClINS. The summed E-state index contributed by atoms with van der Waals surface area (Å²) in [6, 6.07) is 10.6. The van der Waals surface area contributed by atoms with E-state index in [-0.39, 0.29) is 0 Å². The van der Waals surface area contributed by atoms with Crippen molar-refractivity contribution < 1.29 is 0 Å². The average molecular weight is 392 g/mol. The van der Waals surface area contributed by atoms with Gasteiger partial charge < -0.3 is 5.32 Å². The van der Waals surface area contributed by atoms with Crippen molar-refractivity contribution in [3.8, 4) is 0 Å². The van der Waals surface area contributed by atoms with Crippen LogP contribution >= 0.6 is 45.5 Å². The maximum Gasteiger partial charge on any atom is 0.0629 e. The molecule has 96 valence electrons. The highest BCUT2D eigenvalue weighted by Crippen LogP contribution is 2.32. The summed E-state index contributed by atoms with van der Waals surface area (Å²) < 4.78 is 1.15. The first-order chi connectivity index (χ1) is 8.58. The standard InChI is InChI=1S/C14H15ClINS/c1-9(2)14(13-4-3-7-18-13)17-12-6-5-10(15)8-11(12)16/h3-9,14,17H,1-2H3. The molecule has 0 radical (unpaired) electrons. The molecule has 4 heteroatoms. The van der Waals surface area contributed by atoms with E-state index in [2.05, 4.69) is 59.3 Å². The second kappa shape index (κ2) is 6.26. The van der Waals surface area contributed by atoms with E-state index in [1.54, 1.807) is 11.3 Å². The summed E-state index contributed by atoms with van der Waals surface area (Å²) in [5, 5.41) is 6.52. The first kappa shape index (κ1) is 14.2.